The van der Waals surface area contributed by atoms with E-state index in [1.165, 1.54) is 19.3 Å². The number of carbonyl (C=O) groups excluding carboxylic acids is 1. The molecular formula is C17H33N3O. The predicted octanol–water partition coefficient (Wildman–Crippen LogP) is 2.08. The molecule has 1 aliphatic heterocycles. The van der Waals surface area contributed by atoms with Gasteiger partial charge in [-0.05, 0) is 58.0 Å². The van der Waals surface area contributed by atoms with Crippen LogP contribution in [0.5, 0.6) is 0 Å². The van der Waals surface area contributed by atoms with Crippen molar-refractivity contribution < 1.29 is 4.79 Å². The van der Waals surface area contributed by atoms with Gasteiger partial charge in [-0.3, -0.25) is 4.79 Å². The van der Waals surface area contributed by atoms with Gasteiger partial charge in [0.05, 0.1) is 0 Å². The quantitative estimate of drug-likeness (QED) is 0.845. The van der Waals surface area contributed by atoms with Crippen LogP contribution in [-0.2, 0) is 4.79 Å². The van der Waals surface area contributed by atoms with Crippen LogP contribution in [0.2, 0.25) is 0 Å². The average molecular weight is 295 g/mol. The summed E-state index contributed by atoms with van der Waals surface area (Å²) in [6, 6.07) is 0.376. The number of amides is 1. The molecule has 0 radical (unpaired) electrons. The first-order valence-electron chi connectivity index (χ1n) is 8.72. The summed E-state index contributed by atoms with van der Waals surface area (Å²) in [5.41, 5.74) is 6.03. The molecule has 122 valence electrons. The lowest BCUT2D eigenvalue weighted by molar-refractivity contribution is -0.133. The molecule has 1 amide bonds. The van der Waals surface area contributed by atoms with E-state index in [1.54, 1.807) is 0 Å². The Bertz CT molecular complexity index is 324. The highest BCUT2D eigenvalue weighted by Crippen LogP contribution is 2.27. The molecule has 4 heteroatoms. The van der Waals surface area contributed by atoms with E-state index < -0.39 is 0 Å². The van der Waals surface area contributed by atoms with Gasteiger partial charge < -0.3 is 15.5 Å². The van der Waals surface area contributed by atoms with Gasteiger partial charge in [0.2, 0.25) is 5.91 Å². The molecule has 2 aliphatic rings. The first-order valence-corrected chi connectivity index (χ1v) is 8.72. The highest BCUT2D eigenvalue weighted by Gasteiger charge is 2.25. The molecule has 2 rings (SSSR count). The van der Waals surface area contributed by atoms with Gasteiger partial charge in [0.25, 0.3) is 0 Å². The SMILES string of the molecule is CN(C)CC1CCN(C(=O)CCC2CCCC(N)C2)CC1. The molecular weight excluding hydrogens is 262 g/mol. The Labute approximate surface area is 130 Å². The fraction of sp³-hybridized carbons (Fsp3) is 0.941. The zero-order valence-corrected chi connectivity index (χ0v) is 13.9. The predicted molar refractivity (Wildman–Crippen MR) is 87.0 cm³/mol. The Kier molecular flexibility index (Phi) is 6.49. The summed E-state index contributed by atoms with van der Waals surface area (Å²) in [4.78, 5) is 16.7. The largest absolute Gasteiger partial charge is 0.343 e. The van der Waals surface area contributed by atoms with Crippen molar-refractivity contribution in [2.45, 2.75) is 57.4 Å². The molecule has 1 saturated carbocycles. The van der Waals surface area contributed by atoms with Crippen LogP contribution in [0.15, 0.2) is 0 Å². The van der Waals surface area contributed by atoms with Gasteiger partial charge in [0.15, 0.2) is 0 Å². The third-order valence-electron chi connectivity index (χ3n) is 5.18. The van der Waals surface area contributed by atoms with E-state index in [0.717, 1.165) is 57.7 Å². The smallest absolute Gasteiger partial charge is 0.222 e. The molecule has 2 unspecified atom stereocenters. The second-order valence-electron chi connectivity index (χ2n) is 7.42. The highest BCUT2D eigenvalue weighted by atomic mass is 16.2. The van der Waals surface area contributed by atoms with Crippen molar-refractivity contribution in [2.75, 3.05) is 33.7 Å². The lowest BCUT2D eigenvalue weighted by atomic mass is 9.83. The lowest BCUT2D eigenvalue weighted by Gasteiger charge is -2.34. The number of carbonyl (C=O) groups is 1. The molecule has 4 nitrogen and oxygen atoms in total. The zero-order valence-electron chi connectivity index (χ0n) is 13.9. The number of rotatable bonds is 5. The van der Waals surface area contributed by atoms with Crippen molar-refractivity contribution in [3.05, 3.63) is 0 Å². The third-order valence-corrected chi connectivity index (χ3v) is 5.18. The maximum Gasteiger partial charge on any atom is 0.222 e. The highest BCUT2D eigenvalue weighted by molar-refractivity contribution is 5.76. The van der Waals surface area contributed by atoms with Gasteiger partial charge in [0.1, 0.15) is 0 Å². The molecule has 1 heterocycles. The van der Waals surface area contributed by atoms with Gasteiger partial charge in [-0.25, -0.2) is 0 Å². The number of hydrogen-bond donors (Lipinski definition) is 1. The zero-order chi connectivity index (χ0) is 15.2. The molecule has 21 heavy (non-hydrogen) atoms. The topological polar surface area (TPSA) is 49.6 Å². The number of nitrogens with two attached hydrogens (primary N) is 1. The molecule has 0 aromatic carbocycles. The summed E-state index contributed by atoms with van der Waals surface area (Å²) in [5, 5.41) is 0. The standard InChI is InChI=1S/C17H33N3O/c1-19(2)13-15-8-10-20(11-9-15)17(21)7-6-14-4-3-5-16(18)12-14/h14-16H,3-13,18H2,1-2H3. The Morgan fingerprint density at radius 3 is 2.48 bits per heavy atom. The molecule has 2 N–H and O–H groups in total. The maximum atomic E-state index is 12.3. The van der Waals surface area contributed by atoms with E-state index in [4.69, 9.17) is 5.73 Å². The van der Waals surface area contributed by atoms with E-state index in [0.29, 0.717) is 17.9 Å². The van der Waals surface area contributed by atoms with Crippen LogP contribution < -0.4 is 5.73 Å². The Morgan fingerprint density at radius 1 is 1.14 bits per heavy atom. The Balaban J connectivity index is 1.65. The van der Waals surface area contributed by atoms with Gasteiger partial charge in [-0.15, -0.1) is 0 Å². The van der Waals surface area contributed by atoms with Crippen molar-refractivity contribution >= 4 is 5.91 Å². The van der Waals surface area contributed by atoms with Crippen molar-refractivity contribution in [3.8, 4) is 0 Å². The van der Waals surface area contributed by atoms with E-state index >= 15 is 0 Å². The molecule has 2 atom stereocenters. The Morgan fingerprint density at radius 2 is 1.86 bits per heavy atom. The van der Waals surface area contributed by atoms with Crippen LogP contribution in [0, 0.1) is 11.8 Å². The van der Waals surface area contributed by atoms with Crippen LogP contribution in [0.4, 0.5) is 0 Å². The normalized spacial score (nSPS) is 28.1. The number of nitrogens with zero attached hydrogens (tertiary/aromatic N) is 2. The van der Waals surface area contributed by atoms with Crippen molar-refractivity contribution in [3.63, 3.8) is 0 Å². The second kappa shape index (κ2) is 8.14. The average Bonchev–Trinajstić information content (AvgIpc) is 2.45. The van der Waals surface area contributed by atoms with Crippen LogP contribution in [-0.4, -0.2) is 55.5 Å². The first-order chi connectivity index (χ1) is 10.0. The van der Waals surface area contributed by atoms with E-state index in [9.17, 15) is 4.79 Å². The van der Waals surface area contributed by atoms with Gasteiger partial charge in [0, 0.05) is 32.1 Å². The maximum absolute atomic E-state index is 12.3. The fourth-order valence-electron chi connectivity index (χ4n) is 3.96. The van der Waals surface area contributed by atoms with Crippen LogP contribution in [0.3, 0.4) is 0 Å². The first kappa shape index (κ1) is 16.8. The number of hydrogen-bond acceptors (Lipinski definition) is 3. The van der Waals surface area contributed by atoms with E-state index in [2.05, 4.69) is 23.9 Å². The minimum atomic E-state index is 0.373. The van der Waals surface area contributed by atoms with Gasteiger partial charge in [-0.2, -0.15) is 0 Å². The molecule has 0 spiro atoms. The minimum Gasteiger partial charge on any atom is -0.343 e. The monoisotopic (exact) mass is 295 g/mol. The summed E-state index contributed by atoms with van der Waals surface area (Å²) in [6.45, 7) is 3.07. The van der Waals surface area contributed by atoms with Crippen LogP contribution >= 0.6 is 0 Å². The molecule has 0 aromatic heterocycles. The lowest BCUT2D eigenvalue weighted by Crippen LogP contribution is -2.40. The Hall–Kier alpha value is -0.610. The van der Waals surface area contributed by atoms with Crippen molar-refractivity contribution in [2.24, 2.45) is 17.6 Å². The minimum absolute atomic E-state index is 0.373. The summed E-state index contributed by atoms with van der Waals surface area (Å²) >= 11 is 0. The molecule has 0 aromatic rings. The van der Waals surface area contributed by atoms with Crippen molar-refractivity contribution in [1.82, 2.24) is 9.80 Å². The molecule has 1 saturated heterocycles. The summed E-state index contributed by atoms with van der Waals surface area (Å²) in [6.07, 6.45) is 8.92. The third kappa shape index (κ3) is 5.59. The van der Waals surface area contributed by atoms with E-state index in [-0.39, 0.29) is 0 Å². The number of likely N-dealkylation sites (tertiary alicyclic amines) is 1. The molecule has 1 aliphatic carbocycles. The van der Waals surface area contributed by atoms with Crippen LogP contribution in [0.25, 0.3) is 0 Å². The van der Waals surface area contributed by atoms with Gasteiger partial charge >= 0.3 is 0 Å². The fourth-order valence-corrected chi connectivity index (χ4v) is 3.96. The van der Waals surface area contributed by atoms with E-state index in [1.807, 2.05) is 0 Å². The summed E-state index contributed by atoms with van der Waals surface area (Å²) < 4.78 is 0. The van der Waals surface area contributed by atoms with Crippen LogP contribution in [0.1, 0.15) is 51.4 Å². The molecule has 0 bridgehead atoms. The second-order valence-corrected chi connectivity index (χ2v) is 7.42. The summed E-state index contributed by atoms with van der Waals surface area (Å²) in [7, 11) is 4.26. The number of piperidine rings is 1. The summed E-state index contributed by atoms with van der Waals surface area (Å²) in [5.74, 6) is 1.82. The van der Waals surface area contributed by atoms with Gasteiger partial charge in [-0.1, -0.05) is 12.8 Å². The van der Waals surface area contributed by atoms with Crippen molar-refractivity contribution in [1.29, 1.82) is 0 Å². The molecule has 2 fully saturated rings.